The molecule has 23 heavy (non-hydrogen) atoms. The first-order valence-corrected chi connectivity index (χ1v) is 11.7. The summed E-state index contributed by atoms with van der Waals surface area (Å²) in [4.78, 5) is 0. The molecule has 0 rings (SSSR count). The van der Waals surface area contributed by atoms with Crippen molar-refractivity contribution in [3.63, 3.8) is 0 Å². The second kappa shape index (κ2) is 15.4. The molecule has 140 valence electrons. The fraction of sp³-hybridized carbons (Fsp3) is 1.00. The van der Waals surface area contributed by atoms with Crippen LogP contribution in [-0.4, -0.2) is 20.8 Å². The molecule has 0 bridgehead atoms. The van der Waals surface area contributed by atoms with Gasteiger partial charge in [-0.25, -0.2) is 0 Å². The second-order valence-electron chi connectivity index (χ2n) is 6.89. The van der Waals surface area contributed by atoms with Crippen LogP contribution >= 0.6 is 0 Å². The summed E-state index contributed by atoms with van der Waals surface area (Å²) in [6, 6.07) is 0. The first kappa shape index (κ1) is 22.9. The zero-order chi connectivity index (χ0) is 17.4. The van der Waals surface area contributed by atoms with Gasteiger partial charge in [0.15, 0.2) is 0 Å². The lowest BCUT2D eigenvalue weighted by atomic mass is 10.0. The lowest BCUT2D eigenvalue weighted by Gasteiger charge is -2.16. The van der Waals surface area contributed by atoms with Gasteiger partial charge in [0.25, 0.3) is 10.1 Å². The van der Waals surface area contributed by atoms with Crippen molar-refractivity contribution in [2.75, 3.05) is 6.26 Å². The summed E-state index contributed by atoms with van der Waals surface area (Å²) in [6.45, 7) is 4.45. The van der Waals surface area contributed by atoms with E-state index >= 15 is 0 Å². The highest BCUT2D eigenvalue weighted by Crippen LogP contribution is 2.18. The Hall–Kier alpha value is -0.0900. The van der Waals surface area contributed by atoms with E-state index in [1.165, 1.54) is 76.9 Å². The highest BCUT2D eigenvalue weighted by Gasteiger charge is 2.14. The van der Waals surface area contributed by atoms with Gasteiger partial charge in [-0.3, -0.25) is 4.18 Å². The van der Waals surface area contributed by atoms with E-state index in [1.807, 2.05) is 0 Å². The van der Waals surface area contributed by atoms with Crippen LogP contribution in [0, 0.1) is 0 Å². The molecule has 0 aliphatic rings. The second-order valence-corrected chi connectivity index (χ2v) is 8.49. The molecule has 0 aliphatic carbocycles. The predicted octanol–water partition coefficient (Wildman–Crippen LogP) is 6.22. The summed E-state index contributed by atoms with van der Waals surface area (Å²) in [5.74, 6) is 0. The van der Waals surface area contributed by atoms with Gasteiger partial charge in [-0.15, -0.1) is 0 Å². The van der Waals surface area contributed by atoms with Gasteiger partial charge in [0.1, 0.15) is 0 Å². The molecule has 1 unspecified atom stereocenters. The van der Waals surface area contributed by atoms with Gasteiger partial charge in [-0.1, -0.05) is 97.3 Å². The summed E-state index contributed by atoms with van der Waals surface area (Å²) in [5.41, 5.74) is 0. The van der Waals surface area contributed by atoms with Crippen molar-refractivity contribution in [1.29, 1.82) is 0 Å². The van der Waals surface area contributed by atoms with Gasteiger partial charge in [0, 0.05) is 0 Å². The Morgan fingerprint density at radius 3 is 1.35 bits per heavy atom. The minimum absolute atomic E-state index is 0.105. The predicted molar refractivity (Wildman–Crippen MR) is 100 cm³/mol. The normalized spacial score (nSPS) is 13.3. The van der Waals surface area contributed by atoms with E-state index in [0.29, 0.717) is 0 Å². The minimum Gasteiger partial charge on any atom is -0.267 e. The van der Waals surface area contributed by atoms with E-state index in [4.69, 9.17) is 4.18 Å². The Kier molecular flexibility index (Phi) is 15.4. The molecular weight excluding hydrogens is 308 g/mol. The summed E-state index contributed by atoms with van der Waals surface area (Å²) in [5, 5.41) is 0. The summed E-state index contributed by atoms with van der Waals surface area (Å²) in [7, 11) is -3.33. The van der Waals surface area contributed by atoms with Crippen LogP contribution in [0.4, 0.5) is 0 Å². The molecule has 0 fully saturated rings. The standard InChI is InChI=1S/C19H40O3S/c1-4-6-8-10-11-12-14-16-18-19(22-23(3,20)21)17-15-13-9-7-5-2/h19H,4-18H2,1-3H3. The zero-order valence-electron chi connectivity index (χ0n) is 15.8. The molecule has 0 aliphatic heterocycles. The fourth-order valence-electron chi connectivity index (χ4n) is 2.97. The molecule has 0 saturated heterocycles. The average Bonchev–Trinajstić information content (AvgIpc) is 2.48. The van der Waals surface area contributed by atoms with E-state index in [1.54, 1.807) is 0 Å². The van der Waals surface area contributed by atoms with Gasteiger partial charge in [-0.2, -0.15) is 8.42 Å². The summed E-state index contributed by atoms with van der Waals surface area (Å²) >= 11 is 0. The van der Waals surface area contributed by atoms with Crippen LogP contribution in [0.2, 0.25) is 0 Å². The highest BCUT2D eigenvalue weighted by molar-refractivity contribution is 7.86. The number of hydrogen-bond acceptors (Lipinski definition) is 3. The van der Waals surface area contributed by atoms with Crippen LogP contribution in [0.5, 0.6) is 0 Å². The van der Waals surface area contributed by atoms with Crippen molar-refractivity contribution >= 4 is 10.1 Å². The van der Waals surface area contributed by atoms with Crippen LogP contribution in [0.3, 0.4) is 0 Å². The van der Waals surface area contributed by atoms with Crippen molar-refractivity contribution in [3.8, 4) is 0 Å². The highest BCUT2D eigenvalue weighted by atomic mass is 32.2. The first-order chi connectivity index (χ1) is 11.0. The van der Waals surface area contributed by atoms with Crippen LogP contribution < -0.4 is 0 Å². The number of hydrogen-bond donors (Lipinski definition) is 0. The van der Waals surface area contributed by atoms with Gasteiger partial charge in [0.2, 0.25) is 0 Å². The zero-order valence-corrected chi connectivity index (χ0v) is 16.6. The van der Waals surface area contributed by atoms with Crippen LogP contribution in [-0.2, 0) is 14.3 Å². The Bertz CT molecular complexity index is 339. The molecule has 4 heteroatoms. The Balaban J connectivity index is 3.80. The topological polar surface area (TPSA) is 43.4 Å². The van der Waals surface area contributed by atoms with E-state index in [0.717, 1.165) is 25.7 Å². The molecule has 0 saturated carbocycles. The molecule has 0 N–H and O–H groups in total. The van der Waals surface area contributed by atoms with Gasteiger partial charge >= 0.3 is 0 Å². The molecular formula is C19H40O3S. The molecule has 0 aromatic carbocycles. The van der Waals surface area contributed by atoms with E-state index < -0.39 is 10.1 Å². The number of unbranched alkanes of at least 4 members (excludes halogenated alkanes) is 11. The maximum absolute atomic E-state index is 11.4. The van der Waals surface area contributed by atoms with Crippen LogP contribution in [0.15, 0.2) is 0 Å². The van der Waals surface area contributed by atoms with Crippen molar-refractivity contribution in [3.05, 3.63) is 0 Å². The lowest BCUT2D eigenvalue weighted by molar-refractivity contribution is 0.182. The Labute approximate surface area is 145 Å². The molecule has 3 nitrogen and oxygen atoms in total. The lowest BCUT2D eigenvalue weighted by Crippen LogP contribution is -2.17. The third-order valence-electron chi connectivity index (χ3n) is 4.32. The summed E-state index contributed by atoms with van der Waals surface area (Å²) < 4.78 is 28.1. The fourth-order valence-corrected chi connectivity index (χ4v) is 3.66. The van der Waals surface area contributed by atoms with Gasteiger partial charge in [-0.05, 0) is 12.8 Å². The van der Waals surface area contributed by atoms with Crippen molar-refractivity contribution < 1.29 is 12.6 Å². The monoisotopic (exact) mass is 348 g/mol. The maximum atomic E-state index is 11.4. The molecule has 0 heterocycles. The van der Waals surface area contributed by atoms with Crippen LogP contribution in [0.1, 0.15) is 110 Å². The quantitative estimate of drug-likeness (QED) is 0.231. The molecule has 0 spiro atoms. The third kappa shape index (κ3) is 18.1. The molecule has 0 radical (unpaired) electrons. The van der Waals surface area contributed by atoms with Crippen molar-refractivity contribution in [2.45, 2.75) is 116 Å². The number of rotatable bonds is 17. The van der Waals surface area contributed by atoms with E-state index in [9.17, 15) is 8.42 Å². The average molecular weight is 349 g/mol. The van der Waals surface area contributed by atoms with Gasteiger partial charge < -0.3 is 0 Å². The Morgan fingerprint density at radius 2 is 1.00 bits per heavy atom. The first-order valence-electron chi connectivity index (χ1n) is 9.87. The van der Waals surface area contributed by atoms with Gasteiger partial charge in [0.05, 0.1) is 12.4 Å². The molecule has 0 amide bonds. The molecule has 1 atom stereocenters. The largest absolute Gasteiger partial charge is 0.267 e. The van der Waals surface area contributed by atoms with Crippen molar-refractivity contribution in [1.82, 2.24) is 0 Å². The van der Waals surface area contributed by atoms with Crippen molar-refractivity contribution in [2.24, 2.45) is 0 Å². The molecule has 0 aromatic heterocycles. The smallest absolute Gasteiger partial charge is 0.264 e. The van der Waals surface area contributed by atoms with Crippen LogP contribution in [0.25, 0.3) is 0 Å². The SMILES string of the molecule is CCCCCCCCCCC(CCCCCCC)OS(C)(=O)=O. The minimum atomic E-state index is -3.33. The summed E-state index contributed by atoms with van der Waals surface area (Å²) in [6.07, 6.45) is 19.1. The maximum Gasteiger partial charge on any atom is 0.264 e. The third-order valence-corrected chi connectivity index (χ3v) is 4.94. The van der Waals surface area contributed by atoms with E-state index in [2.05, 4.69) is 13.8 Å². The molecule has 0 aromatic rings. The Morgan fingerprint density at radius 1 is 0.652 bits per heavy atom. The van der Waals surface area contributed by atoms with E-state index in [-0.39, 0.29) is 6.10 Å².